The quantitative estimate of drug-likeness (QED) is 0.865. The molecule has 2 aromatic rings. The van der Waals surface area contributed by atoms with Gasteiger partial charge < -0.3 is 16.0 Å². The van der Waals surface area contributed by atoms with Gasteiger partial charge in [-0.25, -0.2) is 0 Å². The second-order valence-electron chi connectivity index (χ2n) is 4.76. The van der Waals surface area contributed by atoms with Crippen molar-refractivity contribution < 1.29 is 0 Å². The Balaban J connectivity index is 1.89. The number of nitrogen functional groups attached to an aromatic ring is 1. The number of benzene rings is 1. The Morgan fingerprint density at radius 2 is 1.95 bits per heavy atom. The Kier molecular flexibility index (Phi) is 4.12. The third-order valence-corrected chi connectivity index (χ3v) is 4.03. The zero-order valence-corrected chi connectivity index (χ0v) is 13.5. The van der Waals surface area contributed by atoms with Gasteiger partial charge in [-0.15, -0.1) is 0 Å². The van der Waals surface area contributed by atoms with Crippen LogP contribution in [0.25, 0.3) is 0 Å². The summed E-state index contributed by atoms with van der Waals surface area (Å²) in [6.45, 7) is 1.89. The third-order valence-electron chi connectivity index (χ3n) is 3.20. The summed E-state index contributed by atoms with van der Waals surface area (Å²) in [6.07, 6.45) is 2.29. The largest absolute Gasteiger partial charge is 0.368 e. The number of halogens is 2. The van der Waals surface area contributed by atoms with Crippen LogP contribution in [0.4, 0.5) is 23.5 Å². The normalized spacial score (nSPS) is 14.5. The van der Waals surface area contributed by atoms with Gasteiger partial charge in [0.1, 0.15) is 0 Å². The molecule has 1 aromatic carbocycles. The van der Waals surface area contributed by atoms with Gasteiger partial charge >= 0.3 is 0 Å². The first-order valence-electron chi connectivity index (χ1n) is 6.60. The smallest absolute Gasteiger partial charge is 0.233 e. The molecule has 1 aliphatic rings. The van der Waals surface area contributed by atoms with Crippen molar-refractivity contribution in [3.8, 4) is 0 Å². The first-order valence-corrected chi connectivity index (χ1v) is 7.77. The molecule has 21 heavy (non-hydrogen) atoms. The van der Waals surface area contributed by atoms with E-state index in [9.17, 15) is 0 Å². The van der Waals surface area contributed by atoms with Gasteiger partial charge in [0.15, 0.2) is 0 Å². The lowest BCUT2D eigenvalue weighted by Gasteiger charge is -2.16. The average molecular weight is 370 g/mol. The molecule has 1 saturated heterocycles. The zero-order valence-electron chi connectivity index (χ0n) is 11.2. The Morgan fingerprint density at radius 1 is 1.19 bits per heavy atom. The first kappa shape index (κ1) is 14.3. The summed E-state index contributed by atoms with van der Waals surface area (Å²) in [5.74, 6) is 1.19. The fourth-order valence-electron chi connectivity index (χ4n) is 2.21. The molecule has 0 radical (unpaired) electrons. The Labute approximate surface area is 135 Å². The van der Waals surface area contributed by atoms with Crippen LogP contribution >= 0.6 is 27.5 Å². The van der Waals surface area contributed by atoms with Crippen LogP contribution in [0.2, 0.25) is 5.02 Å². The van der Waals surface area contributed by atoms with E-state index in [1.807, 2.05) is 12.1 Å². The molecule has 1 aromatic heterocycles. The minimum absolute atomic E-state index is 0.195. The number of anilines is 4. The first-order chi connectivity index (χ1) is 10.1. The highest BCUT2D eigenvalue weighted by Gasteiger charge is 2.17. The second kappa shape index (κ2) is 6.03. The fraction of sp³-hybridized carbons (Fsp3) is 0.308. The molecule has 0 saturated carbocycles. The predicted octanol–water partition coefficient (Wildman–Crippen LogP) is 3.21. The van der Waals surface area contributed by atoms with E-state index in [2.05, 4.69) is 41.1 Å². The van der Waals surface area contributed by atoms with Crippen LogP contribution in [-0.4, -0.2) is 28.0 Å². The lowest BCUT2D eigenvalue weighted by atomic mass is 10.3. The number of rotatable bonds is 3. The maximum absolute atomic E-state index is 6.16. The van der Waals surface area contributed by atoms with Crippen LogP contribution < -0.4 is 16.0 Å². The number of hydrogen-bond acceptors (Lipinski definition) is 6. The number of nitrogens with one attached hydrogen (secondary N) is 1. The summed E-state index contributed by atoms with van der Waals surface area (Å²) in [7, 11) is 0. The Hall–Kier alpha value is -1.60. The highest BCUT2D eigenvalue weighted by Crippen LogP contribution is 2.28. The van der Waals surface area contributed by atoms with Crippen molar-refractivity contribution in [3.63, 3.8) is 0 Å². The molecule has 0 aliphatic carbocycles. The number of nitrogens with zero attached hydrogens (tertiary/aromatic N) is 4. The summed E-state index contributed by atoms with van der Waals surface area (Å²) in [5, 5.41) is 3.67. The zero-order chi connectivity index (χ0) is 14.8. The van der Waals surface area contributed by atoms with Crippen molar-refractivity contribution in [1.29, 1.82) is 0 Å². The van der Waals surface area contributed by atoms with E-state index < -0.39 is 0 Å². The molecule has 8 heteroatoms. The molecule has 3 rings (SSSR count). The van der Waals surface area contributed by atoms with Crippen molar-refractivity contribution in [2.24, 2.45) is 0 Å². The maximum atomic E-state index is 6.16. The molecule has 110 valence electrons. The number of aromatic nitrogens is 3. The van der Waals surface area contributed by atoms with E-state index in [-0.39, 0.29) is 5.95 Å². The molecule has 3 N–H and O–H groups in total. The van der Waals surface area contributed by atoms with Crippen molar-refractivity contribution >= 4 is 51.1 Å². The Morgan fingerprint density at radius 3 is 2.71 bits per heavy atom. The Bertz CT molecular complexity index is 659. The van der Waals surface area contributed by atoms with Crippen LogP contribution in [0, 0.1) is 0 Å². The van der Waals surface area contributed by atoms with Gasteiger partial charge in [-0.2, -0.15) is 15.0 Å². The van der Waals surface area contributed by atoms with Crippen molar-refractivity contribution in [1.82, 2.24) is 15.0 Å². The van der Waals surface area contributed by atoms with Crippen molar-refractivity contribution in [2.45, 2.75) is 12.8 Å². The summed E-state index contributed by atoms with van der Waals surface area (Å²) >= 11 is 9.56. The molecule has 0 spiro atoms. The van der Waals surface area contributed by atoms with E-state index in [1.165, 1.54) is 0 Å². The van der Waals surface area contributed by atoms with E-state index in [4.69, 9.17) is 17.3 Å². The minimum Gasteiger partial charge on any atom is -0.368 e. The summed E-state index contributed by atoms with van der Waals surface area (Å²) in [6, 6.07) is 5.52. The molecule has 0 atom stereocenters. The molecule has 6 nitrogen and oxygen atoms in total. The number of hydrogen-bond donors (Lipinski definition) is 2. The van der Waals surface area contributed by atoms with E-state index in [0.717, 1.165) is 30.4 Å². The van der Waals surface area contributed by atoms with Gasteiger partial charge in [0.25, 0.3) is 0 Å². The minimum atomic E-state index is 0.195. The molecule has 2 heterocycles. The van der Waals surface area contributed by atoms with Crippen LogP contribution in [0.15, 0.2) is 22.7 Å². The summed E-state index contributed by atoms with van der Waals surface area (Å²) in [4.78, 5) is 14.8. The van der Waals surface area contributed by atoms with Gasteiger partial charge in [-0.3, -0.25) is 0 Å². The van der Waals surface area contributed by atoms with Crippen LogP contribution in [0.3, 0.4) is 0 Å². The van der Waals surface area contributed by atoms with Gasteiger partial charge in [-0.05, 0) is 31.0 Å². The highest BCUT2D eigenvalue weighted by molar-refractivity contribution is 9.10. The molecule has 1 aliphatic heterocycles. The van der Waals surface area contributed by atoms with Gasteiger partial charge in [0, 0.05) is 17.6 Å². The van der Waals surface area contributed by atoms with Crippen LogP contribution in [0.5, 0.6) is 0 Å². The lowest BCUT2D eigenvalue weighted by molar-refractivity contribution is 0.887. The highest BCUT2D eigenvalue weighted by atomic mass is 79.9. The monoisotopic (exact) mass is 368 g/mol. The summed E-state index contributed by atoms with van der Waals surface area (Å²) < 4.78 is 0.913. The molecule has 1 fully saturated rings. The standard InChI is InChI=1S/C13H14BrClN6/c14-8-3-4-9(15)10(7-8)17-12-18-11(16)19-13(20-12)21-5-1-2-6-21/h3-4,7H,1-2,5-6H2,(H3,16,17,18,19,20). The predicted molar refractivity (Wildman–Crippen MR) is 88.1 cm³/mol. The van der Waals surface area contributed by atoms with Crippen molar-refractivity contribution in [2.75, 3.05) is 29.0 Å². The topological polar surface area (TPSA) is 80.0 Å². The molecular formula is C13H14BrClN6. The average Bonchev–Trinajstić information content (AvgIpc) is 2.96. The summed E-state index contributed by atoms with van der Waals surface area (Å²) in [5.41, 5.74) is 6.49. The molecular weight excluding hydrogens is 356 g/mol. The van der Waals surface area contributed by atoms with Crippen molar-refractivity contribution in [3.05, 3.63) is 27.7 Å². The maximum Gasteiger partial charge on any atom is 0.233 e. The van der Waals surface area contributed by atoms with E-state index >= 15 is 0 Å². The fourth-order valence-corrected chi connectivity index (χ4v) is 2.73. The molecule has 0 unspecified atom stereocenters. The SMILES string of the molecule is Nc1nc(Nc2cc(Br)ccc2Cl)nc(N2CCCC2)n1. The van der Waals surface area contributed by atoms with Crippen LogP contribution in [0.1, 0.15) is 12.8 Å². The van der Waals surface area contributed by atoms with E-state index in [0.29, 0.717) is 22.6 Å². The van der Waals surface area contributed by atoms with Gasteiger partial charge in [0.05, 0.1) is 10.7 Å². The van der Waals surface area contributed by atoms with Gasteiger partial charge in [0.2, 0.25) is 17.8 Å². The van der Waals surface area contributed by atoms with Gasteiger partial charge in [-0.1, -0.05) is 27.5 Å². The van der Waals surface area contributed by atoms with Crippen LogP contribution in [-0.2, 0) is 0 Å². The third kappa shape index (κ3) is 3.36. The van der Waals surface area contributed by atoms with E-state index in [1.54, 1.807) is 6.07 Å². The lowest BCUT2D eigenvalue weighted by Crippen LogP contribution is -2.22. The second-order valence-corrected chi connectivity index (χ2v) is 6.08. The molecule has 0 amide bonds. The molecule has 0 bridgehead atoms. The number of nitrogens with two attached hydrogens (primary N) is 1.